The predicted octanol–water partition coefficient (Wildman–Crippen LogP) is 19.4. The molecular weight excluding hydrogens is 791 g/mol. The fourth-order valence-electron chi connectivity index (χ4n) is 9.09. The van der Waals surface area contributed by atoms with Crippen molar-refractivity contribution < 1.29 is 24.6 Å². The number of aliphatic carboxylic acids is 2. The Morgan fingerprint density at radius 3 is 0.797 bits per heavy atom. The molecule has 0 spiro atoms. The molecule has 0 aliphatic rings. The maximum atomic E-state index is 11.7. The molecule has 1 unspecified atom stereocenters. The third-order valence-corrected chi connectivity index (χ3v) is 13.6. The molecule has 0 heterocycles. The number of hydrogen-bond donors (Lipinski definition) is 3. The Morgan fingerprint density at radius 1 is 0.312 bits per heavy atom. The second-order valence-electron chi connectivity index (χ2n) is 20.1. The van der Waals surface area contributed by atoms with Crippen LogP contribution in [0.2, 0.25) is 0 Å². The summed E-state index contributed by atoms with van der Waals surface area (Å²) in [6, 6.07) is 0. The lowest BCUT2D eigenvalue weighted by Crippen LogP contribution is -2.23. The Labute approximate surface area is 400 Å². The van der Waals surface area contributed by atoms with E-state index < -0.39 is 11.9 Å². The van der Waals surface area contributed by atoms with Crippen LogP contribution < -0.4 is 5.32 Å². The summed E-state index contributed by atoms with van der Waals surface area (Å²) in [4.78, 5) is 33.7. The van der Waals surface area contributed by atoms with Crippen molar-refractivity contribution in [3.63, 3.8) is 0 Å². The van der Waals surface area contributed by atoms with E-state index in [0.29, 0.717) is 12.8 Å². The molecule has 0 aromatic rings. The first-order chi connectivity index (χ1) is 31.4. The minimum absolute atomic E-state index is 0.117. The molecule has 6 nitrogen and oxygen atoms in total. The normalized spacial score (nSPS) is 11.7. The van der Waals surface area contributed by atoms with E-state index in [4.69, 9.17) is 5.11 Å². The van der Waals surface area contributed by atoms with Crippen molar-refractivity contribution in [3.05, 3.63) is 0 Å². The van der Waals surface area contributed by atoms with Crippen LogP contribution >= 0.6 is 0 Å². The van der Waals surface area contributed by atoms with Gasteiger partial charge in [0, 0.05) is 19.4 Å². The van der Waals surface area contributed by atoms with Gasteiger partial charge in [-0.1, -0.05) is 297 Å². The topological polar surface area (TPSA) is 104 Å². The molecule has 3 N–H and O–H groups in total. The third-order valence-electron chi connectivity index (χ3n) is 13.6. The second kappa shape index (κ2) is 57.5. The number of hydrogen-bond acceptors (Lipinski definition) is 3. The molecule has 0 aromatic carbocycles. The fourth-order valence-corrected chi connectivity index (χ4v) is 9.09. The summed E-state index contributed by atoms with van der Waals surface area (Å²) in [5.41, 5.74) is 0. The van der Waals surface area contributed by atoms with Crippen LogP contribution in [0.15, 0.2) is 0 Å². The van der Waals surface area contributed by atoms with Crippen molar-refractivity contribution >= 4 is 17.8 Å². The van der Waals surface area contributed by atoms with E-state index in [9.17, 15) is 19.5 Å². The molecule has 0 aliphatic heterocycles. The van der Waals surface area contributed by atoms with Crippen molar-refractivity contribution in [3.8, 4) is 0 Å². The highest BCUT2D eigenvalue weighted by atomic mass is 16.4. The Balaban J connectivity index is 0. The lowest BCUT2D eigenvalue weighted by atomic mass is 9.94. The minimum Gasteiger partial charge on any atom is -0.481 e. The SMILES string of the molecule is CCCCCCCCCCCCCCCCC(CCCCCCCCCCCCCCCCCC(=O)NCCCC)C(=O)O.CCCCCCCCCCCCCCCCCC(=O)O. The van der Waals surface area contributed by atoms with Crippen molar-refractivity contribution in [1.82, 2.24) is 5.32 Å². The first-order valence-electron chi connectivity index (χ1n) is 29.1. The number of unbranched alkanes of at least 4 members (excludes halogenated alkanes) is 42. The minimum atomic E-state index is -0.653. The van der Waals surface area contributed by atoms with Gasteiger partial charge in [0.2, 0.25) is 5.91 Å². The second-order valence-corrected chi connectivity index (χ2v) is 20.1. The van der Waals surface area contributed by atoms with Gasteiger partial charge in [-0.15, -0.1) is 0 Å². The highest BCUT2D eigenvalue weighted by molar-refractivity contribution is 5.75. The zero-order valence-electron chi connectivity index (χ0n) is 43.8. The van der Waals surface area contributed by atoms with Crippen molar-refractivity contribution in [2.75, 3.05) is 6.54 Å². The van der Waals surface area contributed by atoms with Crippen LogP contribution in [-0.2, 0) is 14.4 Å². The van der Waals surface area contributed by atoms with Gasteiger partial charge >= 0.3 is 11.9 Å². The van der Waals surface area contributed by atoms with Gasteiger partial charge in [-0.05, 0) is 32.1 Å². The molecule has 0 saturated heterocycles. The van der Waals surface area contributed by atoms with Gasteiger partial charge in [0.1, 0.15) is 0 Å². The highest BCUT2D eigenvalue weighted by Crippen LogP contribution is 2.21. The summed E-state index contributed by atoms with van der Waals surface area (Å²) in [6.45, 7) is 7.54. The molecule has 382 valence electrons. The van der Waals surface area contributed by atoms with Crippen LogP contribution in [-0.4, -0.2) is 34.6 Å². The first-order valence-corrected chi connectivity index (χ1v) is 29.1. The molecule has 6 heteroatoms. The fraction of sp³-hybridized carbons (Fsp3) is 0.948. The van der Waals surface area contributed by atoms with Crippen molar-refractivity contribution in [1.29, 1.82) is 0 Å². The van der Waals surface area contributed by atoms with E-state index in [1.807, 2.05) is 0 Å². The zero-order chi connectivity index (χ0) is 47.1. The van der Waals surface area contributed by atoms with Crippen LogP contribution in [0, 0.1) is 5.92 Å². The molecule has 0 saturated carbocycles. The van der Waals surface area contributed by atoms with Crippen LogP contribution in [0.1, 0.15) is 342 Å². The summed E-state index contributed by atoms with van der Waals surface area (Å²) in [5.74, 6) is -1.11. The van der Waals surface area contributed by atoms with Crippen molar-refractivity contribution in [2.45, 2.75) is 342 Å². The Kier molecular flexibility index (Phi) is 58.0. The lowest BCUT2D eigenvalue weighted by Gasteiger charge is -2.12. The summed E-state index contributed by atoms with van der Waals surface area (Å²) < 4.78 is 0. The van der Waals surface area contributed by atoms with E-state index in [2.05, 4.69) is 26.1 Å². The summed E-state index contributed by atoms with van der Waals surface area (Å²) in [6.07, 6.45) is 63.0. The molecular formula is C58H115NO5. The van der Waals surface area contributed by atoms with Gasteiger partial charge in [-0.2, -0.15) is 0 Å². The highest BCUT2D eigenvalue weighted by Gasteiger charge is 2.16. The van der Waals surface area contributed by atoms with Gasteiger partial charge < -0.3 is 15.5 Å². The largest absolute Gasteiger partial charge is 0.481 e. The smallest absolute Gasteiger partial charge is 0.306 e. The molecule has 64 heavy (non-hydrogen) atoms. The molecule has 0 radical (unpaired) electrons. The predicted molar refractivity (Wildman–Crippen MR) is 280 cm³/mol. The molecule has 1 amide bonds. The Hall–Kier alpha value is -1.59. The quantitative estimate of drug-likeness (QED) is 0.0528. The number of carbonyl (C=O) groups excluding carboxylic acids is 1. The summed E-state index contributed by atoms with van der Waals surface area (Å²) in [5, 5.41) is 21.2. The van der Waals surface area contributed by atoms with Crippen LogP contribution in [0.3, 0.4) is 0 Å². The zero-order valence-corrected chi connectivity index (χ0v) is 43.8. The van der Waals surface area contributed by atoms with Gasteiger partial charge in [0.25, 0.3) is 0 Å². The van der Waals surface area contributed by atoms with Crippen molar-refractivity contribution in [2.24, 2.45) is 5.92 Å². The van der Waals surface area contributed by atoms with Crippen LogP contribution in [0.5, 0.6) is 0 Å². The number of carboxylic acids is 2. The maximum absolute atomic E-state index is 11.7. The average molecular weight is 907 g/mol. The lowest BCUT2D eigenvalue weighted by molar-refractivity contribution is -0.142. The van der Waals surface area contributed by atoms with E-state index >= 15 is 0 Å². The van der Waals surface area contributed by atoms with E-state index in [1.165, 1.54) is 250 Å². The molecule has 0 aromatic heterocycles. The number of rotatable bonds is 53. The third kappa shape index (κ3) is 58.4. The number of nitrogens with one attached hydrogen (secondary N) is 1. The molecule has 0 fully saturated rings. The maximum Gasteiger partial charge on any atom is 0.306 e. The first kappa shape index (κ1) is 64.5. The molecule has 0 aliphatic carbocycles. The Morgan fingerprint density at radius 2 is 0.547 bits per heavy atom. The number of amides is 1. The van der Waals surface area contributed by atoms with Gasteiger partial charge in [0.05, 0.1) is 5.92 Å². The van der Waals surface area contributed by atoms with Gasteiger partial charge in [-0.25, -0.2) is 0 Å². The summed E-state index contributed by atoms with van der Waals surface area (Å²) >= 11 is 0. The molecule has 0 rings (SSSR count). The summed E-state index contributed by atoms with van der Waals surface area (Å²) in [7, 11) is 0. The van der Waals surface area contributed by atoms with Gasteiger partial charge in [0.15, 0.2) is 0 Å². The van der Waals surface area contributed by atoms with E-state index in [-0.39, 0.29) is 11.8 Å². The van der Waals surface area contributed by atoms with Crippen LogP contribution in [0.4, 0.5) is 0 Å². The Bertz CT molecular complexity index is 924. The number of carbonyl (C=O) groups is 3. The monoisotopic (exact) mass is 906 g/mol. The van der Waals surface area contributed by atoms with Crippen LogP contribution in [0.25, 0.3) is 0 Å². The van der Waals surface area contributed by atoms with E-state index in [1.54, 1.807) is 0 Å². The standard InChI is InChI=1S/C40H79NO3.C18H36O2/c1-3-5-7-8-9-10-11-12-16-19-22-25-28-31-34-38(40(43)44)35-32-29-26-23-20-17-14-13-15-18-21-24-27-30-33-36-39(42)41-37-6-4-2;1-2-3-4-5-6-7-8-9-10-11-12-13-14-15-16-17-18(19)20/h38H,3-37H2,1-2H3,(H,41,42)(H,43,44);2-17H2,1H3,(H,19,20). The van der Waals surface area contributed by atoms with E-state index in [0.717, 1.165) is 64.3 Å². The molecule has 1 atom stereocenters. The molecule has 0 bridgehead atoms. The number of carboxylic acid groups (broad SMARTS) is 2. The average Bonchev–Trinajstić information content (AvgIpc) is 3.28. The van der Waals surface area contributed by atoms with Gasteiger partial charge in [-0.3, -0.25) is 14.4 Å².